The summed E-state index contributed by atoms with van der Waals surface area (Å²) in [6, 6.07) is 13.0. The van der Waals surface area contributed by atoms with E-state index >= 15 is 0 Å². The van der Waals surface area contributed by atoms with Crippen molar-refractivity contribution in [2.75, 3.05) is 23.8 Å². The topological polar surface area (TPSA) is 63.2 Å². The van der Waals surface area contributed by atoms with E-state index in [1.807, 2.05) is 43.3 Å². The number of ether oxygens (including phenoxy) is 1. The van der Waals surface area contributed by atoms with Gasteiger partial charge in [-0.3, -0.25) is 4.79 Å². The lowest BCUT2D eigenvalue weighted by molar-refractivity contribution is -0.114. The van der Waals surface area contributed by atoms with Gasteiger partial charge in [0.2, 0.25) is 5.91 Å². The second-order valence-electron chi connectivity index (χ2n) is 5.88. The molecule has 8 heteroatoms. The SMILES string of the molecule is CCOc1ccc(NCC(=O)Nc2ncc(Cc3cccc(Cl)c3Cl)s2)cc1. The fourth-order valence-electron chi connectivity index (χ4n) is 2.50. The lowest BCUT2D eigenvalue weighted by Gasteiger charge is -2.07. The van der Waals surface area contributed by atoms with Crippen LogP contribution in [0.15, 0.2) is 48.7 Å². The number of carbonyl (C=O) groups is 1. The van der Waals surface area contributed by atoms with Crippen LogP contribution < -0.4 is 15.4 Å². The van der Waals surface area contributed by atoms with Crippen LogP contribution in [0.2, 0.25) is 10.0 Å². The number of benzene rings is 2. The summed E-state index contributed by atoms with van der Waals surface area (Å²) in [7, 11) is 0. The summed E-state index contributed by atoms with van der Waals surface area (Å²) >= 11 is 13.7. The highest BCUT2D eigenvalue weighted by molar-refractivity contribution is 7.15. The lowest BCUT2D eigenvalue weighted by atomic mass is 10.1. The number of hydrogen-bond donors (Lipinski definition) is 2. The van der Waals surface area contributed by atoms with Crippen LogP contribution in [-0.2, 0) is 11.2 Å². The number of halogens is 2. The van der Waals surface area contributed by atoms with Crippen LogP contribution in [0.1, 0.15) is 17.4 Å². The Morgan fingerprint density at radius 1 is 1.18 bits per heavy atom. The Bertz CT molecular complexity index is 945. The van der Waals surface area contributed by atoms with E-state index in [9.17, 15) is 4.79 Å². The number of aromatic nitrogens is 1. The summed E-state index contributed by atoms with van der Waals surface area (Å²) in [5.74, 6) is 0.628. The summed E-state index contributed by atoms with van der Waals surface area (Å²) in [4.78, 5) is 17.4. The second kappa shape index (κ2) is 9.78. The Balaban J connectivity index is 1.51. The molecule has 3 rings (SSSR count). The summed E-state index contributed by atoms with van der Waals surface area (Å²) < 4.78 is 5.39. The highest BCUT2D eigenvalue weighted by atomic mass is 35.5. The third kappa shape index (κ3) is 5.61. The van der Waals surface area contributed by atoms with Gasteiger partial charge in [-0.05, 0) is 42.8 Å². The van der Waals surface area contributed by atoms with E-state index in [1.54, 1.807) is 12.3 Å². The molecule has 5 nitrogen and oxygen atoms in total. The maximum absolute atomic E-state index is 12.2. The zero-order valence-corrected chi connectivity index (χ0v) is 17.5. The van der Waals surface area contributed by atoms with E-state index < -0.39 is 0 Å². The average molecular weight is 436 g/mol. The maximum atomic E-state index is 12.2. The van der Waals surface area contributed by atoms with Gasteiger partial charge < -0.3 is 15.4 Å². The zero-order chi connectivity index (χ0) is 19.9. The van der Waals surface area contributed by atoms with Gasteiger partial charge in [-0.25, -0.2) is 4.98 Å². The summed E-state index contributed by atoms with van der Waals surface area (Å²) in [6.45, 7) is 2.70. The molecule has 0 atom stereocenters. The van der Waals surface area contributed by atoms with Crippen molar-refractivity contribution >= 4 is 51.3 Å². The molecule has 0 unspecified atom stereocenters. The monoisotopic (exact) mass is 435 g/mol. The Hall–Kier alpha value is -2.28. The first-order valence-electron chi connectivity index (χ1n) is 8.69. The first-order valence-corrected chi connectivity index (χ1v) is 10.3. The van der Waals surface area contributed by atoms with E-state index in [-0.39, 0.29) is 12.5 Å². The van der Waals surface area contributed by atoms with Gasteiger partial charge in [-0.15, -0.1) is 11.3 Å². The van der Waals surface area contributed by atoms with Gasteiger partial charge in [0.1, 0.15) is 5.75 Å². The minimum absolute atomic E-state index is 0.142. The molecule has 0 bridgehead atoms. The van der Waals surface area contributed by atoms with Crippen molar-refractivity contribution in [3.63, 3.8) is 0 Å². The molecule has 2 aromatic carbocycles. The van der Waals surface area contributed by atoms with Crippen molar-refractivity contribution in [3.05, 3.63) is 69.1 Å². The molecule has 0 saturated carbocycles. The van der Waals surface area contributed by atoms with E-state index in [0.717, 1.165) is 21.9 Å². The molecule has 0 fully saturated rings. The quantitative estimate of drug-likeness (QED) is 0.490. The fraction of sp³-hybridized carbons (Fsp3) is 0.200. The van der Waals surface area contributed by atoms with E-state index in [0.29, 0.717) is 28.2 Å². The number of thiazole rings is 1. The molecule has 0 spiro atoms. The normalized spacial score (nSPS) is 10.5. The molecule has 1 aromatic heterocycles. The Morgan fingerprint density at radius 2 is 1.96 bits per heavy atom. The van der Waals surface area contributed by atoms with Gasteiger partial charge in [0.25, 0.3) is 0 Å². The van der Waals surface area contributed by atoms with Crippen LogP contribution in [-0.4, -0.2) is 24.0 Å². The van der Waals surface area contributed by atoms with Crippen LogP contribution in [0.4, 0.5) is 10.8 Å². The Kier molecular flexibility index (Phi) is 7.14. The number of amides is 1. The molecule has 1 heterocycles. The minimum atomic E-state index is -0.171. The zero-order valence-electron chi connectivity index (χ0n) is 15.2. The van der Waals surface area contributed by atoms with Crippen LogP contribution in [0.5, 0.6) is 5.75 Å². The van der Waals surface area contributed by atoms with E-state index in [2.05, 4.69) is 15.6 Å². The second-order valence-corrected chi connectivity index (χ2v) is 7.78. The van der Waals surface area contributed by atoms with Gasteiger partial charge >= 0.3 is 0 Å². The third-order valence-corrected chi connectivity index (χ3v) is 5.59. The maximum Gasteiger partial charge on any atom is 0.245 e. The van der Waals surface area contributed by atoms with Crippen LogP contribution in [0.25, 0.3) is 0 Å². The molecule has 146 valence electrons. The minimum Gasteiger partial charge on any atom is -0.494 e. The predicted octanol–water partition coefficient (Wildman–Crippen LogP) is 5.49. The van der Waals surface area contributed by atoms with Crippen LogP contribution >= 0.6 is 34.5 Å². The van der Waals surface area contributed by atoms with E-state index in [4.69, 9.17) is 27.9 Å². The van der Waals surface area contributed by atoms with Crippen molar-refractivity contribution in [2.45, 2.75) is 13.3 Å². The van der Waals surface area contributed by atoms with Crippen LogP contribution in [0.3, 0.4) is 0 Å². The number of rotatable bonds is 8. The number of nitrogens with zero attached hydrogens (tertiary/aromatic N) is 1. The van der Waals surface area contributed by atoms with Gasteiger partial charge in [-0.1, -0.05) is 35.3 Å². The van der Waals surface area contributed by atoms with Crippen molar-refractivity contribution in [2.24, 2.45) is 0 Å². The number of carbonyl (C=O) groups excluding carboxylic acids is 1. The van der Waals surface area contributed by atoms with Crippen LogP contribution in [0, 0.1) is 0 Å². The largest absolute Gasteiger partial charge is 0.494 e. The summed E-state index contributed by atoms with van der Waals surface area (Å²) in [5.41, 5.74) is 1.77. The number of anilines is 2. The number of hydrogen-bond acceptors (Lipinski definition) is 5. The molecular formula is C20H19Cl2N3O2S. The summed E-state index contributed by atoms with van der Waals surface area (Å²) in [5, 5.41) is 7.49. The standard InChI is InChI=1S/C20H19Cl2N3O2S/c1-2-27-15-8-6-14(7-9-15)23-12-18(26)25-20-24-11-16(28-20)10-13-4-3-5-17(21)19(13)22/h3-9,11,23H,2,10,12H2,1H3,(H,24,25,26). The van der Waals surface area contributed by atoms with Crippen molar-refractivity contribution in [1.29, 1.82) is 0 Å². The van der Waals surface area contributed by atoms with Crippen molar-refractivity contribution in [3.8, 4) is 5.75 Å². The van der Waals surface area contributed by atoms with Gasteiger partial charge in [0.15, 0.2) is 5.13 Å². The predicted molar refractivity (Wildman–Crippen MR) is 116 cm³/mol. The molecular weight excluding hydrogens is 417 g/mol. The third-order valence-electron chi connectivity index (χ3n) is 3.81. The first kappa shape index (κ1) is 20.5. The van der Waals surface area contributed by atoms with Gasteiger partial charge in [-0.2, -0.15) is 0 Å². The molecule has 0 aliphatic rings. The van der Waals surface area contributed by atoms with Crippen molar-refractivity contribution < 1.29 is 9.53 Å². The highest BCUT2D eigenvalue weighted by Gasteiger charge is 2.10. The Labute approximate surface area is 177 Å². The molecule has 2 N–H and O–H groups in total. The molecule has 28 heavy (non-hydrogen) atoms. The molecule has 1 amide bonds. The molecule has 0 aliphatic heterocycles. The lowest BCUT2D eigenvalue weighted by Crippen LogP contribution is -2.21. The molecule has 0 saturated heterocycles. The Morgan fingerprint density at radius 3 is 2.71 bits per heavy atom. The molecule has 0 aliphatic carbocycles. The number of nitrogens with one attached hydrogen (secondary N) is 2. The summed E-state index contributed by atoms with van der Waals surface area (Å²) in [6.07, 6.45) is 2.34. The molecule has 0 radical (unpaired) electrons. The van der Waals surface area contributed by atoms with Crippen molar-refractivity contribution in [1.82, 2.24) is 4.98 Å². The fourth-order valence-corrected chi connectivity index (χ4v) is 3.74. The first-order chi connectivity index (χ1) is 13.5. The molecule has 3 aromatic rings. The highest BCUT2D eigenvalue weighted by Crippen LogP contribution is 2.29. The smallest absolute Gasteiger partial charge is 0.245 e. The van der Waals surface area contributed by atoms with Gasteiger partial charge in [0.05, 0.1) is 23.2 Å². The van der Waals surface area contributed by atoms with E-state index in [1.165, 1.54) is 11.3 Å². The van der Waals surface area contributed by atoms with Gasteiger partial charge in [0, 0.05) is 23.2 Å². The average Bonchev–Trinajstić information content (AvgIpc) is 3.12.